The molecule has 1 aromatic rings. The monoisotopic (exact) mass is 315 g/mol. The Morgan fingerprint density at radius 3 is 2.43 bits per heavy atom. The molecule has 0 saturated carbocycles. The van der Waals surface area contributed by atoms with Gasteiger partial charge in [0.05, 0.1) is 28.6 Å². The molecule has 0 bridgehead atoms. The lowest BCUT2D eigenvalue weighted by Gasteiger charge is -2.40. The third kappa shape index (κ3) is 3.99. The van der Waals surface area contributed by atoms with E-state index in [1.165, 1.54) is 0 Å². The van der Waals surface area contributed by atoms with E-state index < -0.39 is 0 Å². The molecule has 0 spiro atoms. The largest absolute Gasteiger partial charge is 0.373 e. The minimum absolute atomic E-state index is 0.0577. The van der Waals surface area contributed by atoms with Crippen LogP contribution in [0.2, 0.25) is 5.02 Å². The Labute approximate surface area is 134 Å². The molecule has 21 heavy (non-hydrogen) atoms. The Morgan fingerprint density at radius 1 is 1.29 bits per heavy atom. The number of nitrogens with one attached hydrogen (secondary N) is 1. The topological polar surface area (TPSA) is 39.1 Å². The molecule has 1 aromatic heterocycles. The Kier molecular flexibility index (Phi) is 7.71. The van der Waals surface area contributed by atoms with Gasteiger partial charge in [0.25, 0.3) is 0 Å². The maximum Gasteiger partial charge on any atom is 0.0886 e. The third-order valence-electron chi connectivity index (χ3n) is 4.16. The molecule has 1 rings (SSSR count). The summed E-state index contributed by atoms with van der Waals surface area (Å²) in [6.45, 7) is 13.1. The van der Waals surface area contributed by atoms with Gasteiger partial charge in [0.1, 0.15) is 0 Å². The maximum atomic E-state index is 6.44. The van der Waals surface area contributed by atoms with Crippen LogP contribution in [0.1, 0.15) is 65.6 Å². The van der Waals surface area contributed by atoms with Crippen molar-refractivity contribution >= 4 is 11.6 Å². The smallest absolute Gasteiger partial charge is 0.0886 e. The Bertz CT molecular complexity index is 416. The lowest BCUT2D eigenvalue weighted by atomic mass is 9.85. The first-order valence-corrected chi connectivity index (χ1v) is 8.56. The summed E-state index contributed by atoms with van der Waals surface area (Å²) >= 11 is 6.44. The van der Waals surface area contributed by atoms with Crippen LogP contribution in [0.5, 0.6) is 0 Å². The highest BCUT2D eigenvalue weighted by molar-refractivity contribution is 6.31. The predicted octanol–water partition coefficient (Wildman–Crippen LogP) is 4.19. The number of halogens is 1. The van der Waals surface area contributed by atoms with Gasteiger partial charge in [-0.15, -0.1) is 0 Å². The highest BCUT2D eigenvalue weighted by Crippen LogP contribution is 2.38. The summed E-state index contributed by atoms with van der Waals surface area (Å²) in [7, 11) is 0. The molecule has 122 valence electrons. The molecule has 1 heterocycles. The SMILES string of the molecule is CCCNC(c1c(Cl)cnn1CC)C(CC)(CC)OCC. The first kappa shape index (κ1) is 18.5. The number of hydrogen-bond acceptors (Lipinski definition) is 3. The van der Waals surface area contributed by atoms with Gasteiger partial charge in [-0.1, -0.05) is 32.4 Å². The molecule has 0 aliphatic carbocycles. The fourth-order valence-corrected chi connectivity index (χ4v) is 3.21. The van der Waals surface area contributed by atoms with E-state index in [1.54, 1.807) is 6.20 Å². The van der Waals surface area contributed by atoms with E-state index in [-0.39, 0.29) is 11.6 Å². The summed E-state index contributed by atoms with van der Waals surface area (Å²) in [5, 5.41) is 8.76. The average molecular weight is 316 g/mol. The highest BCUT2D eigenvalue weighted by atomic mass is 35.5. The lowest BCUT2D eigenvalue weighted by Crippen LogP contribution is -2.47. The van der Waals surface area contributed by atoms with Gasteiger partial charge < -0.3 is 10.1 Å². The van der Waals surface area contributed by atoms with Crippen molar-refractivity contribution < 1.29 is 4.74 Å². The van der Waals surface area contributed by atoms with E-state index >= 15 is 0 Å². The van der Waals surface area contributed by atoms with Crippen LogP contribution in [0.3, 0.4) is 0 Å². The molecule has 0 saturated heterocycles. The van der Waals surface area contributed by atoms with Crippen LogP contribution in [0.25, 0.3) is 0 Å². The Balaban J connectivity index is 3.28. The van der Waals surface area contributed by atoms with Gasteiger partial charge >= 0.3 is 0 Å². The van der Waals surface area contributed by atoms with Crippen LogP contribution in [-0.2, 0) is 11.3 Å². The van der Waals surface area contributed by atoms with Crippen LogP contribution in [0.4, 0.5) is 0 Å². The van der Waals surface area contributed by atoms with Crippen molar-refractivity contribution in [3.63, 3.8) is 0 Å². The molecule has 0 aliphatic heterocycles. The summed E-state index contributed by atoms with van der Waals surface area (Å²) in [4.78, 5) is 0. The molecule has 4 nitrogen and oxygen atoms in total. The van der Waals surface area contributed by atoms with Crippen LogP contribution in [0, 0.1) is 0 Å². The summed E-state index contributed by atoms with van der Waals surface area (Å²) in [6.07, 6.45) is 4.68. The van der Waals surface area contributed by atoms with E-state index in [4.69, 9.17) is 16.3 Å². The van der Waals surface area contributed by atoms with Gasteiger partial charge in [-0.2, -0.15) is 5.10 Å². The van der Waals surface area contributed by atoms with Crippen molar-refractivity contribution in [3.8, 4) is 0 Å². The molecule has 1 N–H and O–H groups in total. The molecule has 1 atom stereocenters. The second-order valence-corrected chi connectivity index (χ2v) is 5.69. The summed E-state index contributed by atoms with van der Waals surface area (Å²) in [5.74, 6) is 0. The van der Waals surface area contributed by atoms with E-state index in [0.29, 0.717) is 6.61 Å². The first-order valence-electron chi connectivity index (χ1n) is 8.18. The fraction of sp³-hybridized carbons (Fsp3) is 0.812. The minimum atomic E-state index is -0.249. The average Bonchev–Trinajstić information content (AvgIpc) is 2.87. The van der Waals surface area contributed by atoms with Crippen molar-refractivity contribution in [1.29, 1.82) is 0 Å². The number of nitrogens with zero attached hydrogens (tertiary/aromatic N) is 2. The third-order valence-corrected chi connectivity index (χ3v) is 4.45. The Morgan fingerprint density at radius 2 is 1.95 bits per heavy atom. The van der Waals surface area contributed by atoms with Crippen LogP contribution in [-0.4, -0.2) is 28.5 Å². The van der Waals surface area contributed by atoms with Crippen LogP contribution in [0.15, 0.2) is 6.20 Å². The van der Waals surface area contributed by atoms with Gasteiger partial charge in [-0.05, 0) is 39.7 Å². The minimum Gasteiger partial charge on any atom is -0.373 e. The Hall–Kier alpha value is -0.580. The quantitative estimate of drug-likeness (QED) is 0.703. The van der Waals surface area contributed by atoms with Crippen molar-refractivity contribution in [1.82, 2.24) is 15.1 Å². The second-order valence-electron chi connectivity index (χ2n) is 5.29. The van der Waals surface area contributed by atoms with Gasteiger partial charge in [0.2, 0.25) is 0 Å². The molecule has 1 unspecified atom stereocenters. The standard InChI is InChI=1S/C16H30ClN3O/c1-6-11-18-15(16(7-2,8-3)21-10-5)14-13(17)12-19-20(14)9-4/h12,15,18H,6-11H2,1-5H3. The summed E-state index contributed by atoms with van der Waals surface area (Å²) < 4.78 is 8.18. The van der Waals surface area contributed by atoms with E-state index in [2.05, 4.69) is 45.0 Å². The van der Waals surface area contributed by atoms with E-state index in [9.17, 15) is 0 Å². The highest BCUT2D eigenvalue weighted by Gasteiger charge is 2.40. The fourth-order valence-electron chi connectivity index (χ4n) is 2.96. The summed E-state index contributed by atoms with van der Waals surface area (Å²) in [5.41, 5.74) is 0.797. The normalized spacial score (nSPS) is 13.6. The van der Waals surface area contributed by atoms with E-state index in [1.807, 2.05) is 4.68 Å². The lowest BCUT2D eigenvalue weighted by molar-refractivity contribution is -0.0750. The molecule has 0 amide bonds. The van der Waals surface area contributed by atoms with Gasteiger partial charge in [-0.25, -0.2) is 0 Å². The molecular weight excluding hydrogens is 286 g/mol. The molecule has 0 fully saturated rings. The first-order chi connectivity index (χ1) is 10.1. The molecule has 5 heteroatoms. The zero-order valence-corrected chi connectivity index (χ0v) is 14.8. The van der Waals surface area contributed by atoms with Crippen molar-refractivity contribution in [3.05, 3.63) is 16.9 Å². The number of ether oxygens (including phenoxy) is 1. The molecule has 0 aromatic carbocycles. The predicted molar refractivity (Wildman–Crippen MR) is 88.9 cm³/mol. The van der Waals surface area contributed by atoms with Gasteiger partial charge in [0.15, 0.2) is 0 Å². The number of rotatable bonds is 10. The van der Waals surface area contributed by atoms with Gasteiger partial charge in [-0.3, -0.25) is 4.68 Å². The van der Waals surface area contributed by atoms with Gasteiger partial charge in [0, 0.05) is 13.2 Å². The summed E-state index contributed by atoms with van der Waals surface area (Å²) in [6, 6.07) is 0.0577. The van der Waals surface area contributed by atoms with Crippen LogP contribution >= 0.6 is 11.6 Å². The van der Waals surface area contributed by atoms with Crippen molar-refractivity contribution in [2.75, 3.05) is 13.2 Å². The van der Waals surface area contributed by atoms with E-state index in [0.717, 1.165) is 43.1 Å². The molecule has 0 aliphatic rings. The number of aromatic nitrogens is 2. The zero-order chi connectivity index (χ0) is 15.9. The molecule has 0 radical (unpaired) electrons. The number of aryl methyl sites for hydroxylation is 1. The maximum absolute atomic E-state index is 6.44. The van der Waals surface area contributed by atoms with Crippen molar-refractivity contribution in [2.45, 2.75) is 72.1 Å². The molecular formula is C16H30ClN3O. The zero-order valence-electron chi connectivity index (χ0n) is 14.1. The van der Waals surface area contributed by atoms with Crippen molar-refractivity contribution in [2.24, 2.45) is 0 Å². The van der Waals surface area contributed by atoms with Crippen LogP contribution < -0.4 is 5.32 Å². The second kappa shape index (κ2) is 8.76. The number of hydrogen-bond donors (Lipinski definition) is 1.